The van der Waals surface area contributed by atoms with Crippen LogP contribution in [0.2, 0.25) is 0 Å². The van der Waals surface area contributed by atoms with Crippen LogP contribution in [0.3, 0.4) is 0 Å². The lowest BCUT2D eigenvalue weighted by molar-refractivity contribution is -0.152. The van der Waals surface area contributed by atoms with E-state index in [1.165, 1.54) is 6.07 Å². The molecular formula is C14H12Cl2N2O3. The molecule has 1 aliphatic carbocycles. The number of anilines is 1. The Hall–Kier alpha value is -1.77. The number of amides is 1. The molecule has 7 heteroatoms. The highest BCUT2D eigenvalue weighted by Gasteiger charge is 2.69. The van der Waals surface area contributed by atoms with Crippen LogP contribution in [-0.4, -0.2) is 22.8 Å². The Morgan fingerprint density at radius 2 is 2.14 bits per heavy atom. The molecule has 0 saturated heterocycles. The summed E-state index contributed by atoms with van der Waals surface area (Å²) in [7, 11) is 0. The number of nitrogens with zero attached hydrogens (tertiary/aromatic N) is 1. The van der Waals surface area contributed by atoms with Gasteiger partial charge in [-0.1, -0.05) is 6.07 Å². The molecule has 1 aromatic carbocycles. The average molecular weight is 327 g/mol. The quantitative estimate of drug-likeness (QED) is 0.681. The minimum Gasteiger partial charge on any atom is -0.455 e. The van der Waals surface area contributed by atoms with Crippen molar-refractivity contribution in [1.82, 2.24) is 0 Å². The van der Waals surface area contributed by atoms with Crippen molar-refractivity contribution in [2.75, 3.05) is 11.9 Å². The zero-order valence-electron chi connectivity index (χ0n) is 11.2. The van der Waals surface area contributed by atoms with Gasteiger partial charge in [-0.25, -0.2) is 0 Å². The van der Waals surface area contributed by atoms with E-state index in [0.29, 0.717) is 17.7 Å². The van der Waals surface area contributed by atoms with Gasteiger partial charge in [0.25, 0.3) is 5.91 Å². The molecule has 0 aliphatic heterocycles. The molecular weight excluding hydrogens is 315 g/mol. The Balaban J connectivity index is 1.86. The number of ether oxygens (including phenoxy) is 1. The first kappa shape index (κ1) is 15.6. The van der Waals surface area contributed by atoms with Crippen LogP contribution < -0.4 is 5.32 Å². The van der Waals surface area contributed by atoms with Crippen molar-refractivity contribution in [3.05, 3.63) is 29.8 Å². The second-order valence-corrected chi connectivity index (χ2v) is 6.51. The van der Waals surface area contributed by atoms with Gasteiger partial charge in [0.2, 0.25) is 0 Å². The van der Waals surface area contributed by atoms with E-state index in [4.69, 9.17) is 33.2 Å². The van der Waals surface area contributed by atoms with Crippen LogP contribution in [0, 0.1) is 16.7 Å². The number of nitriles is 1. The Bertz CT molecular complexity index is 639. The molecule has 110 valence electrons. The fourth-order valence-electron chi connectivity index (χ4n) is 1.78. The maximum atomic E-state index is 11.8. The highest BCUT2D eigenvalue weighted by molar-refractivity contribution is 6.53. The van der Waals surface area contributed by atoms with E-state index in [1.807, 2.05) is 6.07 Å². The summed E-state index contributed by atoms with van der Waals surface area (Å²) in [4.78, 5) is 23.5. The fraction of sp³-hybridized carbons (Fsp3) is 0.357. The van der Waals surface area contributed by atoms with E-state index in [-0.39, 0.29) is 0 Å². The molecule has 0 spiro atoms. The molecule has 0 radical (unpaired) electrons. The highest BCUT2D eigenvalue weighted by Crippen LogP contribution is 2.64. The van der Waals surface area contributed by atoms with Crippen LogP contribution in [-0.2, 0) is 14.3 Å². The summed E-state index contributed by atoms with van der Waals surface area (Å²) in [5.74, 6) is -1.11. The maximum Gasteiger partial charge on any atom is 0.315 e. The molecule has 1 saturated carbocycles. The van der Waals surface area contributed by atoms with Gasteiger partial charge in [0.1, 0.15) is 9.75 Å². The van der Waals surface area contributed by atoms with Gasteiger partial charge < -0.3 is 10.1 Å². The number of hydrogen-bond donors (Lipinski definition) is 1. The zero-order chi connectivity index (χ0) is 15.7. The van der Waals surface area contributed by atoms with Crippen LogP contribution in [0.5, 0.6) is 0 Å². The summed E-state index contributed by atoms with van der Waals surface area (Å²) < 4.78 is 3.79. The zero-order valence-corrected chi connectivity index (χ0v) is 12.7. The molecule has 1 N–H and O–H groups in total. The van der Waals surface area contributed by atoms with E-state index < -0.39 is 28.2 Å². The van der Waals surface area contributed by atoms with Gasteiger partial charge in [-0.2, -0.15) is 5.26 Å². The average Bonchev–Trinajstić information content (AvgIpc) is 2.96. The van der Waals surface area contributed by atoms with Crippen molar-refractivity contribution in [2.24, 2.45) is 5.41 Å². The minimum atomic E-state index is -1.12. The summed E-state index contributed by atoms with van der Waals surface area (Å²) in [6, 6.07) is 8.37. The van der Waals surface area contributed by atoms with E-state index in [1.54, 1.807) is 25.1 Å². The smallest absolute Gasteiger partial charge is 0.315 e. The second kappa shape index (κ2) is 5.55. The van der Waals surface area contributed by atoms with E-state index >= 15 is 0 Å². The SMILES string of the molecule is C[C@@]1(C(=O)OCC(=O)Nc2cccc(C#N)c2)CC1(Cl)Cl. The van der Waals surface area contributed by atoms with E-state index in [0.717, 1.165) is 0 Å². The third kappa shape index (κ3) is 3.29. The second-order valence-electron chi connectivity index (χ2n) is 5.03. The fourth-order valence-corrected chi connectivity index (χ4v) is 2.46. The standard InChI is InChI=1S/C14H12Cl2N2O3/c1-13(8-14(13,15)16)12(20)21-7-11(19)18-10-4-2-3-9(5-10)6-17/h2-5H,7-8H2,1H3,(H,18,19)/t13-/m0/s1. The summed E-state index contributed by atoms with van der Waals surface area (Å²) in [5.41, 5.74) is -0.0852. The number of hydrogen-bond acceptors (Lipinski definition) is 4. The van der Waals surface area contributed by atoms with Crippen molar-refractivity contribution >= 4 is 40.8 Å². The van der Waals surface area contributed by atoms with Crippen molar-refractivity contribution < 1.29 is 14.3 Å². The summed E-state index contributed by atoms with van der Waals surface area (Å²) in [6.07, 6.45) is 0.299. The molecule has 1 aliphatic rings. The summed E-state index contributed by atoms with van der Waals surface area (Å²) >= 11 is 11.7. The van der Waals surface area contributed by atoms with Crippen molar-refractivity contribution in [2.45, 2.75) is 17.7 Å². The Labute approximate surface area is 131 Å². The van der Waals surface area contributed by atoms with Gasteiger partial charge >= 0.3 is 5.97 Å². The third-order valence-corrected chi connectivity index (χ3v) is 4.42. The van der Waals surface area contributed by atoms with Crippen LogP contribution in [0.4, 0.5) is 5.69 Å². The summed E-state index contributed by atoms with van der Waals surface area (Å²) in [5, 5.41) is 11.3. The van der Waals surface area contributed by atoms with Crippen molar-refractivity contribution in [3.8, 4) is 6.07 Å². The first-order valence-corrected chi connectivity index (χ1v) is 6.89. The van der Waals surface area contributed by atoms with E-state index in [2.05, 4.69) is 5.32 Å². The largest absolute Gasteiger partial charge is 0.455 e. The van der Waals surface area contributed by atoms with Crippen LogP contribution in [0.1, 0.15) is 18.9 Å². The number of nitrogens with one attached hydrogen (secondary N) is 1. The molecule has 1 fully saturated rings. The van der Waals surface area contributed by atoms with Crippen molar-refractivity contribution in [3.63, 3.8) is 0 Å². The van der Waals surface area contributed by atoms with Gasteiger partial charge in [-0.3, -0.25) is 9.59 Å². The predicted molar refractivity (Wildman–Crippen MR) is 77.9 cm³/mol. The van der Waals surface area contributed by atoms with Gasteiger partial charge in [0.05, 0.1) is 11.6 Å². The van der Waals surface area contributed by atoms with Gasteiger partial charge in [-0.15, -0.1) is 23.2 Å². The van der Waals surface area contributed by atoms with Crippen molar-refractivity contribution in [1.29, 1.82) is 5.26 Å². The third-order valence-electron chi connectivity index (χ3n) is 3.32. The normalized spacial score (nSPS) is 22.0. The predicted octanol–water partition coefficient (Wildman–Crippen LogP) is 2.62. The number of alkyl halides is 2. The topological polar surface area (TPSA) is 79.2 Å². The molecule has 1 aromatic rings. The van der Waals surface area contributed by atoms with Crippen LogP contribution >= 0.6 is 23.2 Å². The first-order valence-electron chi connectivity index (χ1n) is 6.13. The molecule has 2 rings (SSSR count). The highest BCUT2D eigenvalue weighted by atomic mass is 35.5. The monoisotopic (exact) mass is 326 g/mol. The van der Waals surface area contributed by atoms with Gasteiger partial charge in [0, 0.05) is 12.1 Å². The number of halogens is 2. The minimum absolute atomic E-state index is 0.299. The Morgan fingerprint density at radius 1 is 1.48 bits per heavy atom. The number of rotatable bonds is 4. The number of esters is 1. The number of carbonyl (C=O) groups excluding carboxylic acids is 2. The Kier molecular flexibility index (Phi) is 4.13. The lowest BCUT2D eigenvalue weighted by Crippen LogP contribution is -2.26. The van der Waals surface area contributed by atoms with Crippen LogP contribution in [0.25, 0.3) is 0 Å². The molecule has 1 atom stereocenters. The van der Waals surface area contributed by atoms with Crippen LogP contribution in [0.15, 0.2) is 24.3 Å². The number of benzene rings is 1. The number of carbonyl (C=O) groups is 2. The maximum absolute atomic E-state index is 11.8. The lowest BCUT2D eigenvalue weighted by Gasteiger charge is -2.11. The molecule has 1 amide bonds. The molecule has 0 heterocycles. The lowest BCUT2D eigenvalue weighted by atomic mass is 10.1. The Morgan fingerprint density at radius 3 is 2.71 bits per heavy atom. The van der Waals surface area contributed by atoms with Gasteiger partial charge in [-0.05, 0) is 25.1 Å². The van der Waals surface area contributed by atoms with E-state index in [9.17, 15) is 9.59 Å². The molecule has 5 nitrogen and oxygen atoms in total. The molecule has 0 unspecified atom stereocenters. The molecule has 0 aromatic heterocycles. The molecule has 21 heavy (non-hydrogen) atoms. The molecule has 0 bridgehead atoms. The summed E-state index contributed by atoms with van der Waals surface area (Å²) in [6.45, 7) is 1.15. The first-order chi connectivity index (χ1) is 9.78. The van der Waals surface area contributed by atoms with Gasteiger partial charge in [0.15, 0.2) is 6.61 Å².